The number of quaternary nitrogens is 1. The quantitative estimate of drug-likeness (QED) is 0.361. The highest BCUT2D eigenvalue weighted by Crippen LogP contribution is 1.84. The summed E-state index contributed by atoms with van der Waals surface area (Å²) in [5.74, 6) is -0.125. The molecule has 1 aliphatic rings. The smallest absolute Gasteiger partial charge is 0.304 e. The first-order chi connectivity index (χ1) is 3.30. The summed E-state index contributed by atoms with van der Waals surface area (Å²) >= 11 is 0. The SMILES string of the molecule is [NH3+][C@@H]1CONC1=O. The maximum Gasteiger partial charge on any atom is 0.304 e. The first-order valence-electron chi connectivity index (χ1n) is 2.05. The van der Waals surface area contributed by atoms with Crippen molar-refractivity contribution in [1.29, 1.82) is 0 Å². The van der Waals surface area contributed by atoms with E-state index < -0.39 is 0 Å². The van der Waals surface area contributed by atoms with Gasteiger partial charge in [0.1, 0.15) is 6.61 Å². The number of carbonyl (C=O) groups excluding carboxylic acids is 1. The molecule has 4 nitrogen and oxygen atoms in total. The van der Waals surface area contributed by atoms with Crippen molar-refractivity contribution in [3.8, 4) is 0 Å². The molecule has 1 amide bonds. The second kappa shape index (κ2) is 1.48. The lowest BCUT2D eigenvalue weighted by molar-refractivity contribution is -0.402. The van der Waals surface area contributed by atoms with Crippen LogP contribution in [0, 0.1) is 0 Å². The van der Waals surface area contributed by atoms with Gasteiger partial charge in [0.05, 0.1) is 0 Å². The minimum Gasteiger partial charge on any atom is -0.345 e. The van der Waals surface area contributed by atoms with Crippen LogP contribution < -0.4 is 11.2 Å². The fourth-order valence-corrected chi connectivity index (χ4v) is 0.372. The zero-order valence-electron chi connectivity index (χ0n) is 3.81. The van der Waals surface area contributed by atoms with Crippen LogP contribution in [0.4, 0.5) is 0 Å². The predicted molar refractivity (Wildman–Crippen MR) is 20.8 cm³/mol. The van der Waals surface area contributed by atoms with Crippen LogP contribution in [-0.4, -0.2) is 18.6 Å². The number of hydrogen-bond donors (Lipinski definition) is 2. The molecule has 0 spiro atoms. The Morgan fingerprint density at radius 2 is 2.71 bits per heavy atom. The van der Waals surface area contributed by atoms with Gasteiger partial charge in [-0.1, -0.05) is 0 Å². The molecule has 1 fully saturated rings. The zero-order valence-corrected chi connectivity index (χ0v) is 3.81. The van der Waals surface area contributed by atoms with E-state index in [1.54, 1.807) is 0 Å². The van der Waals surface area contributed by atoms with Gasteiger partial charge in [-0.25, -0.2) is 5.48 Å². The molecular weight excluding hydrogens is 96.0 g/mol. The van der Waals surface area contributed by atoms with Gasteiger partial charge in [0, 0.05) is 0 Å². The third kappa shape index (κ3) is 0.703. The number of carbonyl (C=O) groups is 1. The summed E-state index contributed by atoms with van der Waals surface area (Å²) < 4.78 is 0. The summed E-state index contributed by atoms with van der Waals surface area (Å²) in [5.41, 5.74) is 5.65. The van der Waals surface area contributed by atoms with Gasteiger partial charge in [0.25, 0.3) is 0 Å². The molecule has 0 aromatic rings. The van der Waals surface area contributed by atoms with Gasteiger partial charge < -0.3 is 5.73 Å². The van der Waals surface area contributed by atoms with Crippen LogP contribution in [0.25, 0.3) is 0 Å². The van der Waals surface area contributed by atoms with E-state index >= 15 is 0 Å². The van der Waals surface area contributed by atoms with Gasteiger partial charge >= 0.3 is 5.91 Å². The van der Waals surface area contributed by atoms with Crippen molar-refractivity contribution in [2.45, 2.75) is 6.04 Å². The van der Waals surface area contributed by atoms with E-state index in [4.69, 9.17) is 0 Å². The van der Waals surface area contributed by atoms with Crippen molar-refractivity contribution in [3.05, 3.63) is 0 Å². The second-order valence-corrected chi connectivity index (χ2v) is 1.47. The van der Waals surface area contributed by atoms with Gasteiger partial charge in [-0.15, -0.1) is 0 Å². The first kappa shape index (κ1) is 4.55. The highest BCUT2D eigenvalue weighted by atomic mass is 16.7. The summed E-state index contributed by atoms with van der Waals surface area (Å²) in [5, 5.41) is 0. The maximum absolute atomic E-state index is 10.3. The van der Waals surface area contributed by atoms with Gasteiger partial charge in [-0.3, -0.25) is 9.63 Å². The van der Waals surface area contributed by atoms with Crippen LogP contribution in [0.1, 0.15) is 0 Å². The monoisotopic (exact) mass is 103 g/mol. The van der Waals surface area contributed by atoms with Crippen molar-refractivity contribution in [3.63, 3.8) is 0 Å². The number of rotatable bonds is 0. The summed E-state index contributed by atoms with van der Waals surface area (Å²) in [4.78, 5) is 14.8. The van der Waals surface area contributed by atoms with Crippen LogP contribution in [-0.2, 0) is 9.63 Å². The number of hydrogen-bond acceptors (Lipinski definition) is 2. The molecule has 4 N–H and O–H groups in total. The molecule has 1 heterocycles. The predicted octanol–water partition coefficient (Wildman–Crippen LogP) is -2.34. The molecular formula is C3H7N2O2+. The summed E-state index contributed by atoms with van der Waals surface area (Å²) in [6.07, 6.45) is 0. The third-order valence-electron chi connectivity index (χ3n) is 0.828. The molecule has 1 aliphatic heterocycles. The van der Waals surface area contributed by atoms with E-state index in [2.05, 4.69) is 16.1 Å². The van der Waals surface area contributed by atoms with Gasteiger partial charge in [-0.2, -0.15) is 0 Å². The standard InChI is InChI=1S/C3H6N2O2/c4-2-1-7-5-3(2)6/h2H,1,4H2,(H,5,6)/p+1/t2-/m1/s1. The molecule has 1 atom stereocenters. The minimum atomic E-state index is -0.208. The Balaban J connectivity index is 2.48. The van der Waals surface area contributed by atoms with Crippen LogP contribution in [0.5, 0.6) is 0 Å². The number of hydroxylamine groups is 1. The Hall–Kier alpha value is -0.610. The van der Waals surface area contributed by atoms with Gasteiger partial charge in [-0.05, 0) is 0 Å². The topological polar surface area (TPSA) is 66.0 Å². The van der Waals surface area contributed by atoms with Crippen molar-refractivity contribution in [1.82, 2.24) is 5.48 Å². The van der Waals surface area contributed by atoms with E-state index in [-0.39, 0.29) is 11.9 Å². The van der Waals surface area contributed by atoms with Crippen LogP contribution >= 0.6 is 0 Å². The summed E-state index contributed by atoms with van der Waals surface area (Å²) in [6.45, 7) is 0.402. The first-order valence-corrected chi connectivity index (χ1v) is 2.05. The molecule has 1 rings (SSSR count). The number of nitrogens with one attached hydrogen (secondary N) is 1. The molecule has 40 valence electrons. The fourth-order valence-electron chi connectivity index (χ4n) is 0.372. The lowest BCUT2D eigenvalue weighted by Gasteiger charge is -1.83. The average Bonchev–Trinajstić information content (AvgIpc) is 1.91. The molecule has 0 aromatic heterocycles. The Kier molecular flexibility index (Phi) is 0.958. The Morgan fingerprint density at radius 1 is 2.00 bits per heavy atom. The van der Waals surface area contributed by atoms with E-state index in [1.165, 1.54) is 0 Å². The lowest BCUT2D eigenvalue weighted by atomic mass is 10.3. The third-order valence-corrected chi connectivity index (χ3v) is 0.828. The van der Waals surface area contributed by atoms with Crippen molar-refractivity contribution in [2.75, 3.05) is 6.61 Å². The Labute approximate surface area is 40.6 Å². The molecule has 7 heavy (non-hydrogen) atoms. The summed E-state index contributed by atoms with van der Waals surface area (Å²) in [7, 11) is 0. The highest BCUT2D eigenvalue weighted by molar-refractivity contribution is 5.80. The van der Waals surface area contributed by atoms with E-state index in [0.29, 0.717) is 6.61 Å². The molecule has 1 saturated heterocycles. The average molecular weight is 103 g/mol. The highest BCUT2D eigenvalue weighted by Gasteiger charge is 2.23. The van der Waals surface area contributed by atoms with Crippen molar-refractivity contribution in [2.24, 2.45) is 0 Å². The van der Waals surface area contributed by atoms with E-state index in [0.717, 1.165) is 0 Å². The van der Waals surface area contributed by atoms with E-state index in [1.807, 2.05) is 0 Å². The fraction of sp³-hybridized carbons (Fsp3) is 0.667. The molecule has 0 aromatic carbocycles. The summed E-state index contributed by atoms with van der Waals surface area (Å²) in [6, 6.07) is -0.208. The zero-order chi connectivity index (χ0) is 5.28. The normalized spacial score (nSPS) is 30.4. The largest absolute Gasteiger partial charge is 0.345 e. The minimum absolute atomic E-state index is 0.125. The van der Waals surface area contributed by atoms with Crippen molar-refractivity contribution < 1.29 is 15.4 Å². The van der Waals surface area contributed by atoms with Gasteiger partial charge in [0.15, 0.2) is 6.04 Å². The molecule has 0 saturated carbocycles. The lowest BCUT2D eigenvalue weighted by Crippen LogP contribution is -2.65. The van der Waals surface area contributed by atoms with E-state index in [9.17, 15) is 4.79 Å². The maximum atomic E-state index is 10.3. The molecule has 0 aliphatic carbocycles. The van der Waals surface area contributed by atoms with Crippen LogP contribution in [0.3, 0.4) is 0 Å². The Morgan fingerprint density at radius 3 is 2.86 bits per heavy atom. The van der Waals surface area contributed by atoms with Crippen LogP contribution in [0.2, 0.25) is 0 Å². The molecule has 0 bridgehead atoms. The second-order valence-electron chi connectivity index (χ2n) is 1.47. The molecule has 0 radical (unpaired) electrons. The molecule has 4 heteroatoms. The van der Waals surface area contributed by atoms with Crippen LogP contribution in [0.15, 0.2) is 0 Å². The van der Waals surface area contributed by atoms with Gasteiger partial charge in [0.2, 0.25) is 0 Å². The van der Waals surface area contributed by atoms with Crippen molar-refractivity contribution >= 4 is 5.91 Å². The molecule has 0 unspecified atom stereocenters. The number of amides is 1. The Bertz CT molecular complexity index is 92.9.